The van der Waals surface area contributed by atoms with E-state index in [-0.39, 0.29) is 43.3 Å². The van der Waals surface area contributed by atoms with E-state index < -0.39 is 34.3 Å². The van der Waals surface area contributed by atoms with Crippen molar-refractivity contribution < 1.29 is 32.1 Å². The number of nitro benzene ring substituents is 1. The van der Waals surface area contributed by atoms with E-state index in [1.54, 1.807) is 4.90 Å². The summed E-state index contributed by atoms with van der Waals surface area (Å²) in [6.45, 7) is 2.32. The molecule has 2 amide bonds. The Morgan fingerprint density at radius 3 is 2.42 bits per heavy atom. The third-order valence-electron chi connectivity index (χ3n) is 4.93. The first kappa shape index (κ1) is 22.1. The van der Waals surface area contributed by atoms with Crippen LogP contribution in [-0.4, -0.2) is 53.9 Å². The van der Waals surface area contributed by atoms with Crippen molar-refractivity contribution >= 4 is 23.2 Å². The second kappa shape index (κ2) is 8.66. The summed E-state index contributed by atoms with van der Waals surface area (Å²) < 4.78 is 43.5. The largest absolute Gasteiger partial charge is 0.472 e. The molecule has 1 atom stereocenters. The molecule has 1 saturated heterocycles. The minimum Gasteiger partial charge on any atom is -0.472 e. The number of amides is 2. The van der Waals surface area contributed by atoms with Crippen LogP contribution in [0.3, 0.4) is 0 Å². The first-order chi connectivity index (χ1) is 14.6. The number of piperazine rings is 1. The van der Waals surface area contributed by atoms with Crippen LogP contribution in [0.25, 0.3) is 0 Å². The van der Waals surface area contributed by atoms with Gasteiger partial charge in [-0.05, 0) is 25.1 Å². The van der Waals surface area contributed by atoms with Crippen LogP contribution in [0.4, 0.5) is 24.5 Å². The predicted octanol–water partition coefficient (Wildman–Crippen LogP) is 2.67. The summed E-state index contributed by atoms with van der Waals surface area (Å²) in [5.41, 5.74) is -1.40. The van der Waals surface area contributed by atoms with Crippen LogP contribution in [0.5, 0.6) is 0 Å². The lowest BCUT2D eigenvalue weighted by molar-refractivity contribution is -0.384. The fraction of sp³-hybridized carbons (Fsp3) is 0.368. The minimum atomic E-state index is -4.69. The number of hydrogen-bond donors (Lipinski definition) is 1. The van der Waals surface area contributed by atoms with Crippen molar-refractivity contribution in [2.24, 2.45) is 0 Å². The maximum Gasteiger partial charge on any atom is 0.416 e. The van der Waals surface area contributed by atoms with Gasteiger partial charge in [0.15, 0.2) is 0 Å². The van der Waals surface area contributed by atoms with Crippen molar-refractivity contribution in [3.8, 4) is 0 Å². The maximum absolute atomic E-state index is 12.9. The van der Waals surface area contributed by atoms with Gasteiger partial charge in [0.25, 0.3) is 11.6 Å². The number of carbonyl (C=O) groups excluding carboxylic acids is 2. The molecule has 1 aliphatic heterocycles. The van der Waals surface area contributed by atoms with Crippen molar-refractivity contribution in [3.63, 3.8) is 0 Å². The molecule has 2 aromatic rings. The number of nitrogens with zero attached hydrogens (tertiary/aromatic N) is 3. The molecule has 1 unspecified atom stereocenters. The molecule has 0 radical (unpaired) electrons. The molecule has 0 saturated carbocycles. The van der Waals surface area contributed by atoms with Crippen molar-refractivity contribution in [2.75, 3.05) is 31.1 Å². The van der Waals surface area contributed by atoms with Gasteiger partial charge in [-0.3, -0.25) is 19.7 Å². The van der Waals surface area contributed by atoms with Gasteiger partial charge >= 0.3 is 6.18 Å². The highest BCUT2D eigenvalue weighted by Gasteiger charge is 2.34. The fourth-order valence-corrected chi connectivity index (χ4v) is 3.29. The Bertz CT molecular complexity index is 969. The summed E-state index contributed by atoms with van der Waals surface area (Å²) in [5.74, 6) is -0.799. The lowest BCUT2D eigenvalue weighted by Gasteiger charge is -2.37. The zero-order valence-corrected chi connectivity index (χ0v) is 16.4. The highest BCUT2D eigenvalue weighted by atomic mass is 19.4. The van der Waals surface area contributed by atoms with Gasteiger partial charge in [0, 0.05) is 32.2 Å². The van der Waals surface area contributed by atoms with E-state index in [9.17, 15) is 32.9 Å². The lowest BCUT2D eigenvalue weighted by Crippen LogP contribution is -2.54. The zero-order chi connectivity index (χ0) is 22.8. The highest BCUT2D eigenvalue weighted by Crippen LogP contribution is 2.36. The van der Waals surface area contributed by atoms with Crippen molar-refractivity contribution in [3.05, 3.63) is 58.0 Å². The van der Waals surface area contributed by atoms with E-state index in [1.807, 2.05) is 0 Å². The second-order valence-electron chi connectivity index (χ2n) is 6.98. The SMILES string of the molecule is CC(NC(=O)c1ccoc1)C(=O)N1CCN(c2ccc(C(F)(F)F)cc2[N+](=O)[O-])CC1. The molecule has 1 aromatic heterocycles. The molecular weight excluding hydrogens is 421 g/mol. The molecule has 0 bridgehead atoms. The third kappa shape index (κ3) is 4.95. The number of rotatable bonds is 5. The number of anilines is 1. The van der Waals surface area contributed by atoms with Crippen molar-refractivity contribution in [1.29, 1.82) is 0 Å². The molecule has 1 aromatic carbocycles. The molecule has 9 nitrogen and oxygen atoms in total. The molecule has 166 valence electrons. The topological polar surface area (TPSA) is 109 Å². The molecule has 0 aliphatic carbocycles. The smallest absolute Gasteiger partial charge is 0.416 e. The number of nitrogens with one attached hydrogen (secondary N) is 1. The Morgan fingerprint density at radius 2 is 1.87 bits per heavy atom. The van der Waals surface area contributed by atoms with Crippen LogP contribution >= 0.6 is 0 Å². The van der Waals surface area contributed by atoms with Gasteiger partial charge in [-0.15, -0.1) is 0 Å². The van der Waals surface area contributed by atoms with Crippen LogP contribution in [0, 0.1) is 10.1 Å². The van der Waals surface area contributed by atoms with E-state index >= 15 is 0 Å². The average Bonchev–Trinajstić information content (AvgIpc) is 3.27. The van der Waals surface area contributed by atoms with E-state index in [0.717, 1.165) is 12.1 Å². The van der Waals surface area contributed by atoms with E-state index in [4.69, 9.17) is 4.42 Å². The predicted molar refractivity (Wildman–Crippen MR) is 103 cm³/mol. The van der Waals surface area contributed by atoms with Gasteiger partial charge in [0.2, 0.25) is 5.91 Å². The summed E-state index contributed by atoms with van der Waals surface area (Å²) in [6, 6.07) is 3.04. The molecule has 1 aliphatic rings. The molecule has 1 fully saturated rings. The quantitative estimate of drug-likeness (QED) is 0.566. The number of nitro groups is 1. The van der Waals surface area contributed by atoms with Gasteiger partial charge in [0.05, 0.1) is 22.3 Å². The molecular formula is C19H19F3N4O5. The lowest BCUT2D eigenvalue weighted by atomic mass is 10.1. The molecule has 2 heterocycles. The standard InChI is InChI=1S/C19H19F3N4O5/c1-12(23-17(27)13-4-9-31-11-13)18(28)25-7-5-24(6-8-25)15-3-2-14(19(20,21)22)10-16(15)26(29)30/h2-4,9-12H,5-8H2,1H3,(H,23,27). The highest BCUT2D eigenvalue weighted by molar-refractivity contribution is 5.97. The van der Waals surface area contributed by atoms with Gasteiger partial charge in [-0.25, -0.2) is 0 Å². The second-order valence-corrected chi connectivity index (χ2v) is 6.98. The summed E-state index contributed by atoms with van der Waals surface area (Å²) in [6.07, 6.45) is -2.10. The van der Waals surface area contributed by atoms with Crippen LogP contribution in [0.1, 0.15) is 22.8 Å². The van der Waals surface area contributed by atoms with Gasteiger partial charge in [-0.1, -0.05) is 0 Å². The maximum atomic E-state index is 12.9. The number of benzene rings is 1. The normalized spacial score (nSPS) is 15.5. The molecule has 1 N–H and O–H groups in total. The molecule has 3 rings (SSSR count). The van der Waals surface area contributed by atoms with Crippen LogP contribution in [0.15, 0.2) is 41.2 Å². The Hall–Kier alpha value is -3.57. The first-order valence-electron chi connectivity index (χ1n) is 9.30. The van der Waals surface area contributed by atoms with Gasteiger partial charge < -0.3 is 19.5 Å². The van der Waals surface area contributed by atoms with Crippen LogP contribution in [0.2, 0.25) is 0 Å². The monoisotopic (exact) mass is 440 g/mol. The van der Waals surface area contributed by atoms with Crippen molar-refractivity contribution in [2.45, 2.75) is 19.1 Å². The van der Waals surface area contributed by atoms with Crippen molar-refractivity contribution in [1.82, 2.24) is 10.2 Å². The number of alkyl halides is 3. The average molecular weight is 440 g/mol. The van der Waals surface area contributed by atoms with Gasteiger partial charge in [-0.2, -0.15) is 13.2 Å². The number of furan rings is 1. The van der Waals surface area contributed by atoms with Gasteiger partial charge in [0.1, 0.15) is 18.0 Å². The number of halogens is 3. The summed E-state index contributed by atoms with van der Waals surface area (Å²) in [7, 11) is 0. The Balaban J connectivity index is 1.64. The molecule has 12 heteroatoms. The van der Waals surface area contributed by atoms with E-state index in [0.29, 0.717) is 6.07 Å². The minimum absolute atomic E-state index is 0.0615. The van der Waals surface area contributed by atoms with E-state index in [1.165, 1.54) is 30.4 Å². The Kier molecular flexibility index (Phi) is 6.18. The van der Waals surface area contributed by atoms with E-state index in [2.05, 4.69) is 5.32 Å². The number of hydrogen-bond acceptors (Lipinski definition) is 6. The summed E-state index contributed by atoms with van der Waals surface area (Å²) in [5, 5.41) is 13.9. The summed E-state index contributed by atoms with van der Waals surface area (Å²) in [4.78, 5) is 38.2. The Labute approximate surface area is 174 Å². The van der Waals surface area contributed by atoms with Crippen LogP contribution in [-0.2, 0) is 11.0 Å². The molecule has 0 spiro atoms. The Morgan fingerprint density at radius 1 is 1.19 bits per heavy atom. The first-order valence-corrected chi connectivity index (χ1v) is 9.30. The van der Waals surface area contributed by atoms with Crippen LogP contribution < -0.4 is 10.2 Å². The number of carbonyl (C=O) groups is 2. The third-order valence-corrected chi connectivity index (χ3v) is 4.93. The zero-order valence-electron chi connectivity index (χ0n) is 16.4. The molecule has 31 heavy (non-hydrogen) atoms. The summed E-state index contributed by atoms with van der Waals surface area (Å²) >= 11 is 0. The fourth-order valence-electron chi connectivity index (χ4n) is 3.29.